The largest absolute Gasteiger partial charge is 0.422 e. The van der Waals surface area contributed by atoms with Gasteiger partial charge in [0.1, 0.15) is 11.3 Å². The maximum absolute atomic E-state index is 13.1. The summed E-state index contributed by atoms with van der Waals surface area (Å²) in [5.41, 5.74) is 1.43. The molecule has 130 valence electrons. The predicted octanol–water partition coefficient (Wildman–Crippen LogP) is 3.69. The summed E-state index contributed by atoms with van der Waals surface area (Å²) in [5.74, 6) is -0.0333. The second-order valence-electron chi connectivity index (χ2n) is 6.94. The van der Waals surface area contributed by atoms with Gasteiger partial charge in [-0.1, -0.05) is 31.4 Å². The van der Waals surface area contributed by atoms with Crippen molar-refractivity contribution in [2.45, 2.75) is 38.1 Å². The predicted molar refractivity (Wildman–Crippen MR) is 97.9 cm³/mol. The van der Waals surface area contributed by atoms with Gasteiger partial charge in [-0.3, -0.25) is 4.79 Å². The van der Waals surface area contributed by atoms with Crippen LogP contribution in [0.1, 0.15) is 42.6 Å². The molecule has 0 radical (unpaired) electrons. The van der Waals surface area contributed by atoms with Crippen LogP contribution in [0.2, 0.25) is 0 Å². The van der Waals surface area contributed by atoms with Gasteiger partial charge in [0.05, 0.1) is 10.9 Å². The third kappa shape index (κ3) is 2.54. The van der Waals surface area contributed by atoms with Gasteiger partial charge in [-0.15, -0.1) is 0 Å². The summed E-state index contributed by atoms with van der Waals surface area (Å²) in [7, 11) is 3.72. The standard InChI is InChI=1S/C20H22N2O3/c1-21(13-8-4-3-5-9-13)19(23)16-12-15-18(22(16)2)14-10-6-7-11-17(14)25-20(15)24/h6-7,10-13H,3-5,8-9H2,1-2H3. The molecule has 2 aromatic heterocycles. The minimum atomic E-state index is -0.399. The molecule has 5 nitrogen and oxygen atoms in total. The van der Waals surface area contributed by atoms with Crippen molar-refractivity contribution in [1.29, 1.82) is 0 Å². The van der Waals surface area contributed by atoms with Crippen LogP contribution in [0, 0.1) is 0 Å². The van der Waals surface area contributed by atoms with Crippen molar-refractivity contribution >= 4 is 27.8 Å². The second kappa shape index (κ2) is 6.06. The van der Waals surface area contributed by atoms with Crippen LogP contribution in [0.15, 0.2) is 39.5 Å². The van der Waals surface area contributed by atoms with Gasteiger partial charge >= 0.3 is 5.63 Å². The third-order valence-electron chi connectivity index (χ3n) is 5.46. The van der Waals surface area contributed by atoms with Crippen molar-refractivity contribution in [1.82, 2.24) is 9.47 Å². The Balaban J connectivity index is 1.84. The van der Waals surface area contributed by atoms with Crippen LogP contribution in [-0.2, 0) is 7.05 Å². The minimum absolute atomic E-state index is 0.0333. The summed E-state index contributed by atoms with van der Waals surface area (Å²) in [5, 5.41) is 1.31. The molecule has 0 bridgehead atoms. The highest BCUT2D eigenvalue weighted by molar-refractivity contribution is 6.07. The molecule has 5 heteroatoms. The summed E-state index contributed by atoms with van der Waals surface area (Å²) in [6.07, 6.45) is 5.70. The first-order valence-electron chi connectivity index (χ1n) is 8.86. The maximum atomic E-state index is 13.1. The fraction of sp³-hybridized carbons (Fsp3) is 0.400. The summed E-state index contributed by atoms with van der Waals surface area (Å²) in [6.45, 7) is 0. The first-order chi connectivity index (χ1) is 12.1. The molecule has 0 unspecified atom stereocenters. The van der Waals surface area contributed by atoms with Gasteiger partial charge < -0.3 is 13.9 Å². The normalized spacial score (nSPS) is 15.8. The van der Waals surface area contributed by atoms with Crippen LogP contribution in [0.3, 0.4) is 0 Å². The van der Waals surface area contributed by atoms with Gasteiger partial charge in [0.15, 0.2) is 0 Å². The van der Waals surface area contributed by atoms with Crippen LogP contribution < -0.4 is 5.63 Å². The van der Waals surface area contributed by atoms with E-state index in [1.807, 2.05) is 41.8 Å². The molecular formula is C20H22N2O3. The number of hydrogen-bond acceptors (Lipinski definition) is 3. The van der Waals surface area contributed by atoms with E-state index in [2.05, 4.69) is 0 Å². The molecule has 3 aromatic rings. The second-order valence-corrected chi connectivity index (χ2v) is 6.94. The Bertz CT molecular complexity index is 1010. The number of benzene rings is 1. The number of nitrogens with zero attached hydrogens (tertiary/aromatic N) is 2. The Hall–Kier alpha value is -2.56. The molecule has 1 aliphatic rings. The summed E-state index contributed by atoms with van der Waals surface area (Å²) in [6, 6.07) is 9.40. The van der Waals surface area contributed by atoms with E-state index >= 15 is 0 Å². The zero-order chi connectivity index (χ0) is 17.6. The number of carbonyl (C=O) groups excluding carboxylic acids is 1. The monoisotopic (exact) mass is 338 g/mol. The van der Waals surface area contributed by atoms with Crippen LogP contribution in [0.25, 0.3) is 21.9 Å². The van der Waals surface area contributed by atoms with Crippen molar-refractivity contribution in [2.75, 3.05) is 7.05 Å². The molecule has 1 saturated carbocycles. The molecule has 0 atom stereocenters. The van der Waals surface area contributed by atoms with E-state index in [0.29, 0.717) is 16.7 Å². The zero-order valence-electron chi connectivity index (χ0n) is 14.6. The number of hydrogen-bond donors (Lipinski definition) is 0. The van der Waals surface area contributed by atoms with Crippen molar-refractivity contribution < 1.29 is 9.21 Å². The van der Waals surface area contributed by atoms with Crippen LogP contribution >= 0.6 is 0 Å². The maximum Gasteiger partial charge on any atom is 0.345 e. The van der Waals surface area contributed by atoms with E-state index in [0.717, 1.165) is 23.7 Å². The lowest BCUT2D eigenvalue weighted by molar-refractivity contribution is 0.0687. The minimum Gasteiger partial charge on any atom is -0.422 e. The van der Waals surface area contributed by atoms with E-state index in [1.54, 1.807) is 12.1 Å². The number of aromatic nitrogens is 1. The Morgan fingerprint density at radius 3 is 2.64 bits per heavy atom. The van der Waals surface area contributed by atoms with Gasteiger partial charge in [0, 0.05) is 25.5 Å². The average Bonchev–Trinajstić information content (AvgIpc) is 3.00. The quantitative estimate of drug-likeness (QED) is 0.670. The number of aryl methyl sites for hydroxylation is 1. The number of fused-ring (bicyclic) bond motifs is 3. The lowest BCUT2D eigenvalue weighted by atomic mass is 9.94. The molecule has 25 heavy (non-hydrogen) atoms. The van der Waals surface area contributed by atoms with Crippen LogP contribution in [-0.4, -0.2) is 28.5 Å². The Labute approximate surface area is 145 Å². The molecule has 0 spiro atoms. The topological polar surface area (TPSA) is 55.5 Å². The Kier molecular flexibility index (Phi) is 3.86. The van der Waals surface area contributed by atoms with Gasteiger partial charge in [-0.05, 0) is 31.0 Å². The van der Waals surface area contributed by atoms with Crippen LogP contribution in [0.4, 0.5) is 0 Å². The molecule has 2 heterocycles. The molecule has 0 aliphatic heterocycles. The molecule has 1 aromatic carbocycles. The molecule has 1 amide bonds. The zero-order valence-corrected chi connectivity index (χ0v) is 14.6. The fourth-order valence-electron chi connectivity index (χ4n) is 4.01. The summed E-state index contributed by atoms with van der Waals surface area (Å²) in [4.78, 5) is 27.2. The lowest BCUT2D eigenvalue weighted by Gasteiger charge is -2.31. The van der Waals surface area contributed by atoms with Gasteiger partial charge in [0.2, 0.25) is 0 Å². The van der Waals surface area contributed by atoms with E-state index in [4.69, 9.17) is 4.42 Å². The molecule has 1 fully saturated rings. The van der Waals surface area contributed by atoms with Crippen molar-refractivity contribution in [3.63, 3.8) is 0 Å². The molecule has 4 rings (SSSR count). The number of rotatable bonds is 2. The van der Waals surface area contributed by atoms with Crippen molar-refractivity contribution in [3.05, 3.63) is 46.4 Å². The number of amides is 1. The molecule has 1 aliphatic carbocycles. The average molecular weight is 338 g/mol. The molecule has 0 saturated heterocycles. The van der Waals surface area contributed by atoms with E-state index < -0.39 is 5.63 Å². The fourth-order valence-corrected chi connectivity index (χ4v) is 4.01. The first kappa shape index (κ1) is 15.9. The number of carbonyl (C=O) groups is 1. The van der Waals surface area contributed by atoms with Crippen molar-refractivity contribution in [2.24, 2.45) is 7.05 Å². The Morgan fingerprint density at radius 2 is 1.88 bits per heavy atom. The molecular weight excluding hydrogens is 316 g/mol. The van der Waals surface area contributed by atoms with Gasteiger partial charge in [-0.25, -0.2) is 4.79 Å². The SMILES string of the molecule is CN(C(=O)c1cc2c(=O)oc3ccccc3c2n1C)C1CCCCC1. The highest BCUT2D eigenvalue weighted by atomic mass is 16.4. The van der Waals surface area contributed by atoms with Crippen molar-refractivity contribution in [3.8, 4) is 0 Å². The van der Waals surface area contributed by atoms with Gasteiger partial charge in [-0.2, -0.15) is 0 Å². The highest BCUT2D eigenvalue weighted by Crippen LogP contribution is 2.27. The van der Waals surface area contributed by atoms with E-state index in [1.165, 1.54) is 19.3 Å². The summed E-state index contributed by atoms with van der Waals surface area (Å²) >= 11 is 0. The van der Waals surface area contributed by atoms with Crippen LogP contribution in [0.5, 0.6) is 0 Å². The number of para-hydroxylation sites is 1. The smallest absolute Gasteiger partial charge is 0.345 e. The van der Waals surface area contributed by atoms with E-state index in [-0.39, 0.29) is 11.9 Å². The van der Waals surface area contributed by atoms with E-state index in [9.17, 15) is 9.59 Å². The highest BCUT2D eigenvalue weighted by Gasteiger charge is 2.26. The first-order valence-corrected chi connectivity index (χ1v) is 8.86. The third-order valence-corrected chi connectivity index (χ3v) is 5.46. The lowest BCUT2D eigenvalue weighted by Crippen LogP contribution is -2.39. The Morgan fingerprint density at radius 1 is 1.16 bits per heavy atom. The molecule has 0 N–H and O–H groups in total. The summed E-state index contributed by atoms with van der Waals surface area (Å²) < 4.78 is 7.24. The van der Waals surface area contributed by atoms with Gasteiger partial charge in [0.25, 0.3) is 5.91 Å².